The number of hydrogen-bond donors (Lipinski definition) is 0. The Balaban J connectivity index is 2.07. The first kappa shape index (κ1) is 25.9. The lowest BCUT2D eigenvalue weighted by Crippen LogP contribution is -2.29. The van der Waals surface area contributed by atoms with Crippen LogP contribution in [0, 0.1) is 13.8 Å². The molecule has 0 saturated carbocycles. The topological polar surface area (TPSA) is 66.2 Å². The fourth-order valence-electron chi connectivity index (χ4n) is 4.60. The van der Waals surface area contributed by atoms with E-state index in [4.69, 9.17) is 31.0 Å². The van der Waals surface area contributed by atoms with Crippen LogP contribution in [-0.2, 0) is 20.8 Å². The third-order valence-electron chi connectivity index (χ3n) is 6.13. The van der Waals surface area contributed by atoms with E-state index in [9.17, 15) is 4.79 Å². The maximum atomic E-state index is 13.1. The molecule has 0 saturated heterocycles. The van der Waals surface area contributed by atoms with Crippen LogP contribution >= 0.6 is 11.6 Å². The Morgan fingerprint density at radius 2 is 1.72 bits per heavy atom. The van der Waals surface area contributed by atoms with E-state index in [1.807, 2.05) is 77.1 Å². The van der Waals surface area contributed by atoms with Crippen molar-refractivity contribution in [1.29, 1.82) is 0 Å². The molecule has 6 nitrogen and oxygen atoms in total. The van der Waals surface area contributed by atoms with Gasteiger partial charge in [-0.3, -0.25) is 0 Å². The zero-order valence-corrected chi connectivity index (χ0v) is 22.6. The van der Waals surface area contributed by atoms with Crippen LogP contribution in [0.5, 0.6) is 0 Å². The molecule has 4 aromatic rings. The highest BCUT2D eigenvalue weighted by molar-refractivity contribution is 6.30. The van der Waals surface area contributed by atoms with Crippen molar-refractivity contribution in [3.63, 3.8) is 0 Å². The van der Waals surface area contributed by atoms with E-state index in [0.717, 1.165) is 45.8 Å². The van der Waals surface area contributed by atoms with Gasteiger partial charge in [0, 0.05) is 22.8 Å². The first-order valence-electron chi connectivity index (χ1n) is 12.0. The van der Waals surface area contributed by atoms with Crippen LogP contribution in [-0.4, -0.2) is 33.2 Å². The molecule has 1 atom stereocenters. The number of aryl methyl sites for hydroxylation is 2. The van der Waals surface area contributed by atoms with Gasteiger partial charge in [0.05, 0.1) is 23.7 Å². The van der Waals surface area contributed by atoms with Crippen molar-refractivity contribution in [2.75, 3.05) is 7.11 Å². The third kappa shape index (κ3) is 4.88. The number of methoxy groups -OCH3 is 1. The van der Waals surface area contributed by atoms with Crippen molar-refractivity contribution in [3.05, 3.63) is 70.4 Å². The summed E-state index contributed by atoms with van der Waals surface area (Å²) < 4.78 is 13.6. The maximum absolute atomic E-state index is 13.1. The van der Waals surface area contributed by atoms with E-state index in [2.05, 4.69) is 17.6 Å². The molecular formula is C29H32ClN3O3. The van der Waals surface area contributed by atoms with Crippen LogP contribution in [0.4, 0.5) is 0 Å². The lowest BCUT2D eigenvalue weighted by atomic mass is 9.89. The van der Waals surface area contributed by atoms with Gasteiger partial charge >= 0.3 is 5.97 Å². The standard InChI is InChI=1S/C29H32ClN3O3/c1-8-33-22-12-10-9-11-21(22)32-27(33)25-17(2)23(19-13-15-20(30)16-14-19)24(18(3)31-25)26(28(34)35-7)36-29(4,5)6/h9-16,26H,8H2,1-7H3/t26-/m0/s1. The van der Waals surface area contributed by atoms with Crippen LogP contribution < -0.4 is 0 Å². The monoisotopic (exact) mass is 505 g/mol. The minimum absolute atomic E-state index is 0.474. The number of aromatic nitrogens is 3. The summed E-state index contributed by atoms with van der Waals surface area (Å²) >= 11 is 6.22. The van der Waals surface area contributed by atoms with Gasteiger partial charge in [-0.1, -0.05) is 35.9 Å². The van der Waals surface area contributed by atoms with E-state index in [1.165, 1.54) is 7.11 Å². The molecule has 0 N–H and O–H groups in total. The highest BCUT2D eigenvalue weighted by Gasteiger charge is 2.34. The molecule has 188 valence electrons. The number of carbonyl (C=O) groups excluding carboxylic acids is 1. The minimum atomic E-state index is -0.953. The molecule has 0 radical (unpaired) electrons. The summed E-state index contributed by atoms with van der Waals surface area (Å²) in [7, 11) is 1.37. The van der Waals surface area contributed by atoms with E-state index in [-0.39, 0.29) is 0 Å². The van der Waals surface area contributed by atoms with Gasteiger partial charge in [0.15, 0.2) is 11.9 Å². The molecule has 2 aromatic heterocycles. The van der Waals surface area contributed by atoms with Crippen molar-refractivity contribution < 1.29 is 14.3 Å². The Hall–Kier alpha value is -3.22. The highest BCUT2D eigenvalue weighted by atomic mass is 35.5. The highest BCUT2D eigenvalue weighted by Crippen LogP contribution is 2.41. The van der Waals surface area contributed by atoms with E-state index in [1.54, 1.807) is 0 Å². The average Bonchev–Trinajstić information content (AvgIpc) is 3.21. The van der Waals surface area contributed by atoms with Gasteiger partial charge in [0.1, 0.15) is 5.69 Å². The minimum Gasteiger partial charge on any atom is -0.467 e. The summed E-state index contributed by atoms with van der Waals surface area (Å²) in [4.78, 5) is 23.0. The third-order valence-corrected chi connectivity index (χ3v) is 6.39. The average molecular weight is 506 g/mol. The number of hydrogen-bond acceptors (Lipinski definition) is 5. The number of imidazole rings is 1. The fraction of sp³-hybridized carbons (Fsp3) is 0.345. The smallest absolute Gasteiger partial charge is 0.339 e. The summed E-state index contributed by atoms with van der Waals surface area (Å²) in [5.74, 6) is 0.311. The van der Waals surface area contributed by atoms with Crippen molar-refractivity contribution in [3.8, 4) is 22.6 Å². The summed E-state index contributed by atoms with van der Waals surface area (Å²) in [5.41, 5.74) is 6.16. The molecule has 0 aliphatic heterocycles. The van der Waals surface area contributed by atoms with Gasteiger partial charge in [0.25, 0.3) is 0 Å². The van der Waals surface area contributed by atoms with Crippen LogP contribution in [0.1, 0.15) is 50.6 Å². The SMILES string of the molecule is CCn1c(-c2nc(C)c([C@H](OC(C)(C)C)C(=O)OC)c(-c3ccc(Cl)cc3)c2C)nc2ccccc21. The molecule has 2 heterocycles. The van der Waals surface area contributed by atoms with Crippen molar-refractivity contribution in [2.24, 2.45) is 0 Å². The lowest BCUT2D eigenvalue weighted by Gasteiger charge is -2.29. The maximum Gasteiger partial charge on any atom is 0.339 e. The molecule has 0 aliphatic carbocycles. The fourth-order valence-corrected chi connectivity index (χ4v) is 4.73. The second-order valence-corrected chi connectivity index (χ2v) is 10.2. The number of rotatable bonds is 6. The molecule has 0 bridgehead atoms. The molecule has 0 aliphatic rings. The van der Waals surface area contributed by atoms with Crippen LogP contribution in [0.3, 0.4) is 0 Å². The number of nitrogens with zero attached hydrogens (tertiary/aromatic N) is 3. The van der Waals surface area contributed by atoms with Crippen molar-refractivity contribution >= 4 is 28.6 Å². The number of pyridine rings is 1. The number of carbonyl (C=O) groups is 1. The summed E-state index contributed by atoms with van der Waals surface area (Å²) in [6.07, 6.45) is -0.953. The predicted molar refractivity (Wildman–Crippen MR) is 144 cm³/mol. The zero-order chi connectivity index (χ0) is 26.2. The first-order chi connectivity index (χ1) is 17.1. The quantitative estimate of drug-likeness (QED) is 0.262. The van der Waals surface area contributed by atoms with Gasteiger partial charge < -0.3 is 14.0 Å². The molecule has 0 spiro atoms. The second-order valence-electron chi connectivity index (χ2n) is 9.77. The lowest BCUT2D eigenvalue weighted by molar-refractivity contribution is -0.164. The van der Waals surface area contributed by atoms with E-state index < -0.39 is 17.7 Å². The zero-order valence-electron chi connectivity index (χ0n) is 21.8. The number of fused-ring (bicyclic) bond motifs is 1. The number of esters is 1. The molecule has 4 rings (SSSR count). The number of benzene rings is 2. The summed E-state index contributed by atoms with van der Waals surface area (Å²) in [5, 5.41) is 0.632. The van der Waals surface area contributed by atoms with E-state index >= 15 is 0 Å². The normalized spacial score (nSPS) is 12.7. The van der Waals surface area contributed by atoms with Gasteiger partial charge in [0.2, 0.25) is 0 Å². The molecule has 7 heteroatoms. The van der Waals surface area contributed by atoms with Gasteiger partial charge in [-0.15, -0.1) is 0 Å². The Morgan fingerprint density at radius 3 is 2.33 bits per heavy atom. The number of para-hydroxylation sites is 2. The predicted octanol–water partition coefficient (Wildman–Crippen LogP) is 7.08. The second kappa shape index (κ2) is 10.0. The molecule has 0 fully saturated rings. The molecule has 36 heavy (non-hydrogen) atoms. The van der Waals surface area contributed by atoms with Crippen LogP contribution in [0.15, 0.2) is 48.5 Å². The first-order valence-corrected chi connectivity index (χ1v) is 12.4. The number of halogens is 1. The van der Waals surface area contributed by atoms with Gasteiger partial charge in [-0.25, -0.2) is 14.8 Å². The number of ether oxygens (including phenoxy) is 2. The van der Waals surface area contributed by atoms with Gasteiger partial charge in [-0.2, -0.15) is 0 Å². The Morgan fingerprint density at radius 1 is 1.06 bits per heavy atom. The Bertz CT molecular complexity index is 1420. The van der Waals surface area contributed by atoms with Crippen LogP contribution in [0.25, 0.3) is 33.7 Å². The molecular weight excluding hydrogens is 474 g/mol. The Labute approximate surface area is 217 Å². The van der Waals surface area contributed by atoms with Crippen molar-refractivity contribution in [2.45, 2.75) is 59.8 Å². The molecule has 0 amide bonds. The van der Waals surface area contributed by atoms with Crippen molar-refractivity contribution in [1.82, 2.24) is 14.5 Å². The summed E-state index contributed by atoms with van der Waals surface area (Å²) in [6.45, 7) is 12.5. The Kier molecular flexibility index (Phi) is 7.21. The largest absolute Gasteiger partial charge is 0.467 e. The molecule has 0 unspecified atom stereocenters. The summed E-state index contributed by atoms with van der Waals surface area (Å²) in [6, 6.07) is 15.7. The van der Waals surface area contributed by atoms with Crippen LogP contribution in [0.2, 0.25) is 5.02 Å². The van der Waals surface area contributed by atoms with Gasteiger partial charge in [-0.05, 0) is 82.5 Å². The molecule has 2 aromatic carbocycles. The van der Waals surface area contributed by atoms with E-state index in [0.29, 0.717) is 16.3 Å².